The van der Waals surface area contributed by atoms with Crippen molar-refractivity contribution in [3.05, 3.63) is 50.1 Å². The molecule has 5 heteroatoms. The molecule has 17 heavy (non-hydrogen) atoms. The first-order chi connectivity index (χ1) is 8.13. The van der Waals surface area contributed by atoms with E-state index in [9.17, 15) is 0 Å². The Kier molecular flexibility index (Phi) is 4.21. The standard InChI is InChI=1S/C12H9Cl3OS/c1-16-7-2-3-8(10(14)6-7)11(15)12-9(13)4-5-17-12/h2-6,11H,1H3. The number of halogens is 3. The molecule has 0 fully saturated rings. The second-order valence-corrected chi connectivity index (χ2v) is 5.58. The third kappa shape index (κ3) is 2.71. The topological polar surface area (TPSA) is 9.23 Å². The van der Waals surface area contributed by atoms with Gasteiger partial charge in [0, 0.05) is 9.90 Å². The molecule has 0 aliphatic carbocycles. The molecule has 1 unspecified atom stereocenters. The van der Waals surface area contributed by atoms with Crippen LogP contribution in [-0.4, -0.2) is 7.11 Å². The summed E-state index contributed by atoms with van der Waals surface area (Å²) in [4.78, 5) is 0.903. The Labute approximate surface area is 119 Å². The molecule has 1 heterocycles. The normalized spacial score (nSPS) is 12.5. The van der Waals surface area contributed by atoms with Crippen LogP contribution >= 0.6 is 46.1 Å². The van der Waals surface area contributed by atoms with E-state index >= 15 is 0 Å². The maximum atomic E-state index is 6.38. The molecule has 2 rings (SSSR count). The maximum Gasteiger partial charge on any atom is 0.120 e. The summed E-state index contributed by atoms with van der Waals surface area (Å²) in [5.74, 6) is 0.708. The lowest BCUT2D eigenvalue weighted by atomic mass is 10.1. The molecule has 0 spiro atoms. The highest BCUT2D eigenvalue weighted by molar-refractivity contribution is 7.11. The number of ether oxygens (including phenoxy) is 1. The Morgan fingerprint density at radius 3 is 2.47 bits per heavy atom. The van der Waals surface area contributed by atoms with E-state index in [0.29, 0.717) is 15.8 Å². The Morgan fingerprint density at radius 1 is 1.18 bits per heavy atom. The lowest BCUT2D eigenvalue weighted by Crippen LogP contribution is -1.93. The largest absolute Gasteiger partial charge is 0.497 e. The summed E-state index contributed by atoms with van der Waals surface area (Å²) in [6.45, 7) is 0. The number of methoxy groups -OCH3 is 1. The van der Waals surface area contributed by atoms with Crippen LogP contribution in [0.15, 0.2) is 29.6 Å². The van der Waals surface area contributed by atoms with Crippen LogP contribution in [-0.2, 0) is 0 Å². The average molecular weight is 308 g/mol. The van der Waals surface area contributed by atoms with Crippen molar-refractivity contribution in [2.24, 2.45) is 0 Å². The minimum atomic E-state index is -0.332. The van der Waals surface area contributed by atoms with Crippen LogP contribution in [0, 0.1) is 0 Å². The number of alkyl halides is 1. The van der Waals surface area contributed by atoms with E-state index in [-0.39, 0.29) is 5.38 Å². The summed E-state index contributed by atoms with van der Waals surface area (Å²) in [5.41, 5.74) is 0.832. The van der Waals surface area contributed by atoms with Crippen molar-refractivity contribution in [1.29, 1.82) is 0 Å². The molecule has 0 aliphatic rings. The summed E-state index contributed by atoms with van der Waals surface area (Å²) in [5, 5.41) is 2.82. The van der Waals surface area contributed by atoms with Crippen molar-refractivity contribution in [2.45, 2.75) is 5.38 Å². The van der Waals surface area contributed by atoms with Crippen LogP contribution in [0.25, 0.3) is 0 Å². The van der Waals surface area contributed by atoms with Gasteiger partial charge in [-0.2, -0.15) is 0 Å². The van der Waals surface area contributed by atoms with Gasteiger partial charge in [0.15, 0.2) is 0 Å². The number of rotatable bonds is 3. The van der Waals surface area contributed by atoms with Gasteiger partial charge in [0.05, 0.1) is 17.5 Å². The highest BCUT2D eigenvalue weighted by Gasteiger charge is 2.18. The lowest BCUT2D eigenvalue weighted by Gasteiger charge is -2.11. The Morgan fingerprint density at radius 2 is 1.94 bits per heavy atom. The molecule has 0 N–H and O–H groups in total. The molecule has 2 aromatic rings. The average Bonchev–Trinajstić information content (AvgIpc) is 2.74. The van der Waals surface area contributed by atoms with E-state index in [2.05, 4.69) is 0 Å². The summed E-state index contributed by atoms with van der Waals surface area (Å²) in [7, 11) is 1.60. The first-order valence-electron chi connectivity index (χ1n) is 4.84. The molecule has 0 amide bonds. The van der Waals surface area contributed by atoms with Gasteiger partial charge >= 0.3 is 0 Å². The van der Waals surface area contributed by atoms with Gasteiger partial charge in [-0.1, -0.05) is 29.3 Å². The Hall–Kier alpha value is -0.410. The molecule has 0 saturated carbocycles. The molecule has 1 nitrogen and oxygen atoms in total. The van der Waals surface area contributed by atoms with Gasteiger partial charge in [-0.25, -0.2) is 0 Å². The SMILES string of the molecule is COc1ccc(C(Cl)c2sccc2Cl)c(Cl)c1. The van der Waals surface area contributed by atoms with E-state index in [1.54, 1.807) is 13.2 Å². The molecule has 1 aromatic heterocycles. The van der Waals surface area contributed by atoms with Crippen LogP contribution in [0.5, 0.6) is 5.75 Å². The molecule has 0 radical (unpaired) electrons. The Balaban J connectivity index is 2.38. The first-order valence-corrected chi connectivity index (χ1v) is 6.91. The molecule has 0 bridgehead atoms. The zero-order valence-corrected chi connectivity index (χ0v) is 12.0. The minimum absolute atomic E-state index is 0.332. The maximum absolute atomic E-state index is 6.38. The van der Waals surface area contributed by atoms with Gasteiger partial charge in [0.1, 0.15) is 5.75 Å². The highest BCUT2D eigenvalue weighted by atomic mass is 35.5. The number of benzene rings is 1. The fourth-order valence-corrected chi connectivity index (χ4v) is 3.48. The number of thiophene rings is 1. The monoisotopic (exact) mass is 306 g/mol. The zero-order chi connectivity index (χ0) is 12.4. The predicted octanol–water partition coefficient (Wildman–Crippen LogP) is 5.39. The number of hydrogen-bond donors (Lipinski definition) is 0. The smallest absolute Gasteiger partial charge is 0.120 e. The molecule has 1 atom stereocenters. The van der Waals surface area contributed by atoms with Crippen molar-refractivity contribution < 1.29 is 4.74 Å². The second kappa shape index (κ2) is 5.49. The van der Waals surface area contributed by atoms with Gasteiger partial charge in [-0.15, -0.1) is 22.9 Å². The third-order valence-corrected chi connectivity index (χ3v) is 4.69. The van der Waals surface area contributed by atoms with E-state index in [0.717, 1.165) is 10.4 Å². The van der Waals surface area contributed by atoms with E-state index in [4.69, 9.17) is 39.5 Å². The first kappa shape index (κ1) is 13.0. The molecule has 0 aliphatic heterocycles. The van der Waals surface area contributed by atoms with Crippen molar-refractivity contribution in [2.75, 3.05) is 7.11 Å². The molecule has 0 saturated heterocycles. The van der Waals surface area contributed by atoms with Crippen LogP contribution in [0.1, 0.15) is 15.8 Å². The highest BCUT2D eigenvalue weighted by Crippen LogP contribution is 2.40. The fourth-order valence-electron chi connectivity index (χ4n) is 1.47. The summed E-state index contributed by atoms with van der Waals surface area (Å²) in [6, 6.07) is 7.26. The minimum Gasteiger partial charge on any atom is -0.497 e. The van der Waals surface area contributed by atoms with Gasteiger partial charge in [-0.3, -0.25) is 0 Å². The van der Waals surface area contributed by atoms with Crippen LogP contribution in [0.4, 0.5) is 0 Å². The van der Waals surface area contributed by atoms with Gasteiger partial charge in [0.25, 0.3) is 0 Å². The van der Waals surface area contributed by atoms with Gasteiger partial charge in [-0.05, 0) is 29.1 Å². The van der Waals surface area contributed by atoms with Crippen molar-refractivity contribution in [1.82, 2.24) is 0 Å². The second-order valence-electron chi connectivity index (χ2n) is 3.38. The van der Waals surface area contributed by atoms with Crippen LogP contribution < -0.4 is 4.74 Å². The van der Waals surface area contributed by atoms with E-state index in [1.165, 1.54) is 11.3 Å². The molecular formula is C12H9Cl3OS. The lowest BCUT2D eigenvalue weighted by molar-refractivity contribution is 0.414. The summed E-state index contributed by atoms with van der Waals surface area (Å²) in [6.07, 6.45) is 0. The predicted molar refractivity (Wildman–Crippen MR) is 75.0 cm³/mol. The Bertz CT molecular complexity index is 524. The number of hydrogen-bond acceptors (Lipinski definition) is 2. The van der Waals surface area contributed by atoms with Crippen molar-refractivity contribution >= 4 is 46.1 Å². The summed E-state index contributed by atoms with van der Waals surface area (Å²) < 4.78 is 5.09. The van der Waals surface area contributed by atoms with Gasteiger partial charge < -0.3 is 4.74 Å². The summed E-state index contributed by atoms with van der Waals surface area (Å²) >= 11 is 20.1. The van der Waals surface area contributed by atoms with Crippen molar-refractivity contribution in [3.8, 4) is 5.75 Å². The van der Waals surface area contributed by atoms with Gasteiger partial charge in [0.2, 0.25) is 0 Å². The van der Waals surface area contributed by atoms with Crippen molar-refractivity contribution in [3.63, 3.8) is 0 Å². The third-order valence-electron chi connectivity index (χ3n) is 2.36. The van der Waals surface area contributed by atoms with E-state index in [1.807, 2.05) is 23.6 Å². The molecule has 90 valence electrons. The van der Waals surface area contributed by atoms with Crippen LogP contribution in [0.3, 0.4) is 0 Å². The molecule has 1 aromatic carbocycles. The van der Waals surface area contributed by atoms with Crippen LogP contribution in [0.2, 0.25) is 10.0 Å². The van der Waals surface area contributed by atoms with E-state index < -0.39 is 0 Å². The fraction of sp³-hybridized carbons (Fsp3) is 0.167. The molecular weight excluding hydrogens is 299 g/mol. The zero-order valence-electron chi connectivity index (χ0n) is 8.91. The quantitative estimate of drug-likeness (QED) is 0.691.